The SMILES string of the molecule is CCCC(CC1CC(=O)c2c(C)ccc(CC(=O)C3CCCC3)c2C1)C(CC)C(=O)CC(C)=O. The minimum atomic E-state index is -0.124. The number of ketones is 4. The lowest BCUT2D eigenvalue weighted by Crippen LogP contribution is -2.30. The van der Waals surface area contributed by atoms with Crippen LogP contribution in [0.15, 0.2) is 12.1 Å². The van der Waals surface area contributed by atoms with Crippen molar-refractivity contribution in [2.45, 2.75) is 105 Å². The fourth-order valence-electron chi connectivity index (χ4n) is 6.55. The van der Waals surface area contributed by atoms with Crippen LogP contribution < -0.4 is 0 Å². The highest BCUT2D eigenvalue weighted by atomic mass is 16.1. The Balaban J connectivity index is 1.82. The van der Waals surface area contributed by atoms with Crippen LogP contribution in [0.1, 0.15) is 112 Å². The van der Waals surface area contributed by atoms with Crippen LogP contribution in [-0.4, -0.2) is 23.1 Å². The second-order valence-electron chi connectivity index (χ2n) is 10.9. The van der Waals surface area contributed by atoms with Gasteiger partial charge < -0.3 is 0 Å². The quantitative estimate of drug-likeness (QED) is 0.333. The van der Waals surface area contributed by atoms with Crippen molar-refractivity contribution in [3.63, 3.8) is 0 Å². The molecule has 1 aromatic rings. The fourth-order valence-corrected chi connectivity index (χ4v) is 6.55. The Morgan fingerprint density at radius 3 is 2.38 bits per heavy atom. The maximum absolute atomic E-state index is 13.3. The van der Waals surface area contributed by atoms with Crippen LogP contribution in [0.3, 0.4) is 0 Å². The van der Waals surface area contributed by atoms with Crippen LogP contribution in [0.2, 0.25) is 0 Å². The molecule has 0 bridgehead atoms. The molecule has 1 aromatic carbocycles. The van der Waals surface area contributed by atoms with Gasteiger partial charge in [0.1, 0.15) is 17.3 Å². The van der Waals surface area contributed by atoms with Gasteiger partial charge in [0.05, 0.1) is 6.42 Å². The van der Waals surface area contributed by atoms with E-state index in [0.717, 1.165) is 80.0 Å². The molecule has 0 amide bonds. The highest BCUT2D eigenvalue weighted by molar-refractivity contribution is 6.01. The molecule has 0 heterocycles. The summed E-state index contributed by atoms with van der Waals surface area (Å²) in [6, 6.07) is 4.06. The number of carbonyl (C=O) groups excluding carboxylic acids is 4. The molecule has 0 radical (unpaired) electrons. The van der Waals surface area contributed by atoms with Crippen molar-refractivity contribution in [2.75, 3.05) is 0 Å². The molecule has 34 heavy (non-hydrogen) atoms. The van der Waals surface area contributed by atoms with Crippen molar-refractivity contribution in [1.82, 2.24) is 0 Å². The molecule has 186 valence electrons. The van der Waals surface area contributed by atoms with Crippen LogP contribution in [0.5, 0.6) is 0 Å². The zero-order chi connectivity index (χ0) is 24.8. The van der Waals surface area contributed by atoms with Crippen molar-refractivity contribution in [1.29, 1.82) is 0 Å². The van der Waals surface area contributed by atoms with Gasteiger partial charge in [0.15, 0.2) is 5.78 Å². The summed E-state index contributed by atoms with van der Waals surface area (Å²) in [7, 11) is 0. The monoisotopic (exact) mass is 466 g/mol. The van der Waals surface area contributed by atoms with Crippen LogP contribution in [0, 0.1) is 30.6 Å². The summed E-state index contributed by atoms with van der Waals surface area (Å²) >= 11 is 0. The predicted molar refractivity (Wildman–Crippen MR) is 135 cm³/mol. The number of hydrogen-bond donors (Lipinski definition) is 0. The first-order valence-electron chi connectivity index (χ1n) is 13.4. The second-order valence-corrected chi connectivity index (χ2v) is 10.9. The molecule has 4 nitrogen and oxygen atoms in total. The van der Waals surface area contributed by atoms with E-state index in [0.29, 0.717) is 18.6 Å². The van der Waals surface area contributed by atoms with Gasteiger partial charge >= 0.3 is 0 Å². The van der Waals surface area contributed by atoms with E-state index in [1.54, 1.807) is 0 Å². The molecule has 2 aliphatic rings. The maximum atomic E-state index is 13.3. The van der Waals surface area contributed by atoms with Crippen LogP contribution in [0.25, 0.3) is 0 Å². The van der Waals surface area contributed by atoms with Crippen LogP contribution in [0.4, 0.5) is 0 Å². The van der Waals surface area contributed by atoms with E-state index in [1.165, 1.54) is 6.92 Å². The fraction of sp³-hybridized carbons (Fsp3) is 0.667. The van der Waals surface area contributed by atoms with Crippen molar-refractivity contribution >= 4 is 23.1 Å². The van der Waals surface area contributed by atoms with E-state index in [1.807, 2.05) is 19.9 Å². The van der Waals surface area contributed by atoms with Gasteiger partial charge in [0.2, 0.25) is 0 Å². The van der Waals surface area contributed by atoms with Crippen molar-refractivity contribution in [2.24, 2.45) is 23.7 Å². The minimum absolute atomic E-state index is 0.0117. The summed E-state index contributed by atoms with van der Waals surface area (Å²) in [5.41, 5.74) is 3.94. The number of benzene rings is 1. The number of rotatable bonds is 12. The standard InChI is InChI=1S/C30H42O4/c1-5-9-23(25(6-2)28(33)14-20(4)31)15-21-16-26-24(18-27(32)22-10-7-8-11-22)13-12-19(3)30(26)29(34)17-21/h12-13,21-23,25H,5-11,14-18H2,1-4H3. The summed E-state index contributed by atoms with van der Waals surface area (Å²) in [5, 5.41) is 0. The summed E-state index contributed by atoms with van der Waals surface area (Å²) in [4.78, 5) is 50.6. The van der Waals surface area contributed by atoms with Crippen molar-refractivity contribution < 1.29 is 19.2 Å². The van der Waals surface area contributed by atoms with Crippen LogP contribution >= 0.6 is 0 Å². The molecule has 3 rings (SSSR count). The van der Waals surface area contributed by atoms with Gasteiger partial charge in [0, 0.05) is 30.2 Å². The summed E-state index contributed by atoms with van der Waals surface area (Å²) in [6.07, 6.45) is 9.49. The van der Waals surface area contributed by atoms with Gasteiger partial charge in [0.25, 0.3) is 0 Å². The molecular weight excluding hydrogens is 424 g/mol. The predicted octanol–water partition coefficient (Wildman–Crippen LogP) is 6.42. The highest BCUT2D eigenvalue weighted by Crippen LogP contribution is 2.38. The zero-order valence-electron chi connectivity index (χ0n) is 21.6. The third-order valence-electron chi connectivity index (χ3n) is 8.18. The molecule has 3 unspecified atom stereocenters. The third-order valence-corrected chi connectivity index (χ3v) is 8.18. The Morgan fingerprint density at radius 1 is 1.06 bits per heavy atom. The van der Waals surface area contributed by atoms with Gasteiger partial charge in [-0.05, 0) is 74.5 Å². The maximum Gasteiger partial charge on any atom is 0.163 e. The Bertz CT molecular complexity index is 922. The number of fused-ring (bicyclic) bond motifs is 1. The number of Topliss-reactive ketones (excluding diaryl/α,β-unsaturated/α-hetero) is 4. The topological polar surface area (TPSA) is 68.3 Å². The average molecular weight is 467 g/mol. The molecule has 0 aliphatic heterocycles. The normalized spacial score (nSPS) is 20.1. The Labute approximate surface area is 205 Å². The lowest BCUT2D eigenvalue weighted by atomic mass is 9.71. The van der Waals surface area contributed by atoms with Crippen LogP contribution in [-0.2, 0) is 27.2 Å². The lowest BCUT2D eigenvalue weighted by Gasteiger charge is -2.32. The van der Waals surface area contributed by atoms with E-state index in [-0.39, 0.29) is 47.4 Å². The summed E-state index contributed by atoms with van der Waals surface area (Å²) < 4.78 is 0. The number of carbonyl (C=O) groups is 4. The molecule has 1 saturated carbocycles. The van der Waals surface area contributed by atoms with Gasteiger partial charge in [-0.3, -0.25) is 19.2 Å². The molecule has 4 heteroatoms. The largest absolute Gasteiger partial charge is 0.300 e. The second kappa shape index (κ2) is 12.0. The van der Waals surface area contributed by atoms with E-state index in [2.05, 4.69) is 13.0 Å². The van der Waals surface area contributed by atoms with Gasteiger partial charge in [-0.15, -0.1) is 0 Å². The van der Waals surface area contributed by atoms with Gasteiger partial charge in [-0.25, -0.2) is 0 Å². The molecular formula is C30H42O4. The molecule has 0 aromatic heterocycles. The average Bonchev–Trinajstić information content (AvgIpc) is 3.30. The first-order chi connectivity index (χ1) is 16.2. The zero-order valence-corrected chi connectivity index (χ0v) is 21.6. The molecule has 3 atom stereocenters. The molecule has 0 N–H and O–H groups in total. The van der Waals surface area contributed by atoms with Crippen molar-refractivity contribution in [3.8, 4) is 0 Å². The Hall–Kier alpha value is -2.10. The first-order valence-corrected chi connectivity index (χ1v) is 13.4. The van der Waals surface area contributed by atoms with Gasteiger partial charge in [-0.2, -0.15) is 0 Å². The molecule has 0 spiro atoms. The van der Waals surface area contributed by atoms with E-state index < -0.39 is 0 Å². The summed E-state index contributed by atoms with van der Waals surface area (Å²) in [5.74, 6) is 0.898. The smallest absolute Gasteiger partial charge is 0.163 e. The van der Waals surface area contributed by atoms with E-state index in [9.17, 15) is 19.2 Å². The number of aryl methyl sites for hydroxylation is 1. The Morgan fingerprint density at radius 2 is 1.76 bits per heavy atom. The molecule has 0 saturated heterocycles. The van der Waals surface area contributed by atoms with E-state index in [4.69, 9.17) is 0 Å². The number of hydrogen-bond acceptors (Lipinski definition) is 4. The lowest BCUT2D eigenvalue weighted by molar-refractivity contribution is -0.130. The first kappa shape index (κ1) is 26.5. The minimum Gasteiger partial charge on any atom is -0.300 e. The molecule has 1 fully saturated rings. The highest BCUT2D eigenvalue weighted by Gasteiger charge is 2.34. The van der Waals surface area contributed by atoms with E-state index >= 15 is 0 Å². The summed E-state index contributed by atoms with van der Waals surface area (Å²) in [6.45, 7) is 7.63. The Kier molecular flexibility index (Phi) is 9.39. The van der Waals surface area contributed by atoms with Gasteiger partial charge in [-0.1, -0.05) is 51.7 Å². The van der Waals surface area contributed by atoms with Crippen molar-refractivity contribution in [3.05, 3.63) is 34.4 Å². The third kappa shape index (κ3) is 6.31. The molecule has 2 aliphatic carbocycles.